The summed E-state index contributed by atoms with van der Waals surface area (Å²) in [4.78, 5) is 14.6. The molecule has 4 rings (SSSR count). The third-order valence-corrected chi connectivity index (χ3v) is 6.86. The van der Waals surface area contributed by atoms with Crippen molar-refractivity contribution in [3.8, 4) is 27.1 Å². The van der Waals surface area contributed by atoms with Gasteiger partial charge in [-0.05, 0) is 55.7 Å². The molecule has 3 nitrogen and oxygen atoms in total. The molecule has 2 heterocycles. The summed E-state index contributed by atoms with van der Waals surface area (Å²) in [6, 6.07) is 19.5. The Morgan fingerprint density at radius 3 is 2.29 bits per heavy atom. The van der Waals surface area contributed by atoms with E-state index in [1.54, 1.807) is 6.07 Å². The van der Waals surface area contributed by atoms with Crippen LogP contribution in [0.4, 0.5) is 13.2 Å². The number of aryl methyl sites for hydroxylation is 3. The summed E-state index contributed by atoms with van der Waals surface area (Å²) >= 11 is 1.31. The molecule has 0 saturated heterocycles. The number of nitrogens with zero attached hydrogens (tertiary/aromatic N) is 2. The normalized spacial score (nSPS) is 11.4. The van der Waals surface area contributed by atoms with Crippen LogP contribution in [0.2, 0.25) is 0 Å². The first-order chi connectivity index (χ1) is 16.1. The largest absolute Gasteiger partial charge is 0.417 e. The van der Waals surface area contributed by atoms with Crippen molar-refractivity contribution in [1.29, 1.82) is 5.26 Å². The molecule has 0 atom stereocenters. The van der Waals surface area contributed by atoms with E-state index in [4.69, 9.17) is 0 Å². The Hall–Kier alpha value is -3.63. The Balaban J connectivity index is 1.94. The molecule has 0 radical (unpaired) electrons. The minimum absolute atomic E-state index is 0.0603. The first-order valence-corrected chi connectivity index (χ1v) is 11.4. The zero-order valence-corrected chi connectivity index (χ0v) is 19.6. The predicted octanol–water partition coefficient (Wildman–Crippen LogP) is 7.11. The minimum atomic E-state index is -4.82. The monoisotopic (exact) mass is 478 g/mol. The number of nitriles is 1. The molecule has 7 heteroatoms. The number of rotatable bonds is 4. The summed E-state index contributed by atoms with van der Waals surface area (Å²) in [6.07, 6.45) is -4.82. The summed E-state index contributed by atoms with van der Waals surface area (Å²) in [5, 5.41) is 9.42. The lowest BCUT2D eigenvalue weighted by Gasteiger charge is -2.18. The molecule has 2 aromatic heterocycles. The highest BCUT2D eigenvalue weighted by Crippen LogP contribution is 2.38. The molecule has 0 aliphatic carbocycles. The summed E-state index contributed by atoms with van der Waals surface area (Å²) in [5.74, 6) is 0. The van der Waals surface area contributed by atoms with Crippen molar-refractivity contribution < 1.29 is 13.2 Å². The molecule has 0 spiro atoms. The lowest BCUT2D eigenvalue weighted by Crippen LogP contribution is -2.28. The zero-order valence-electron chi connectivity index (χ0n) is 18.8. The topological polar surface area (TPSA) is 45.8 Å². The number of thiophene rings is 1. The van der Waals surface area contributed by atoms with Crippen LogP contribution in [-0.4, -0.2) is 4.57 Å². The van der Waals surface area contributed by atoms with Gasteiger partial charge in [0.1, 0.15) is 11.6 Å². The predicted molar refractivity (Wildman–Crippen MR) is 129 cm³/mol. The number of hydrogen-bond acceptors (Lipinski definition) is 3. The third kappa shape index (κ3) is 4.55. The van der Waals surface area contributed by atoms with Gasteiger partial charge in [0.25, 0.3) is 5.56 Å². The van der Waals surface area contributed by atoms with Crippen molar-refractivity contribution in [2.75, 3.05) is 0 Å². The fourth-order valence-electron chi connectivity index (χ4n) is 3.96. The van der Waals surface area contributed by atoms with Crippen LogP contribution < -0.4 is 5.56 Å². The second-order valence-corrected chi connectivity index (χ2v) is 9.37. The molecular formula is C27H21F3N2OS. The number of halogens is 3. The van der Waals surface area contributed by atoms with Gasteiger partial charge in [0, 0.05) is 4.88 Å². The van der Waals surface area contributed by atoms with E-state index >= 15 is 0 Å². The SMILES string of the molecule is Cc1cccc(-c2ccc(-c3cc(C(F)(F)F)c(C#N)c(=O)n3Cc3ccc(C)cc3C)s2)c1. The number of aromatic nitrogens is 1. The number of benzene rings is 2. The van der Waals surface area contributed by atoms with Gasteiger partial charge in [-0.3, -0.25) is 4.79 Å². The molecule has 2 aromatic carbocycles. The Morgan fingerprint density at radius 1 is 0.941 bits per heavy atom. The first kappa shape index (κ1) is 23.5. The van der Waals surface area contributed by atoms with Gasteiger partial charge < -0.3 is 4.57 Å². The first-order valence-electron chi connectivity index (χ1n) is 10.6. The molecule has 34 heavy (non-hydrogen) atoms. The van der Waals surface area contributed by atoms with Crippen LogP contribution in [0.15, 0.2) is 65.5 Å². The van der Waals surface area contributed by atoms with Gasteiger partial charge in [0.2, 0.25) is 0 Å². The molecule has 0 aliphatic heterocycles. The van der Waals surface area contributed by atoms with Crippen molar-refractivity contribution in [3.63, 3.8) is 0 Å². The van der Waals surface area contributed by atoms with Crippen LogP contribution in [0.3, 0.4) is 0 Å². The van der Waals surface area contributed by atoms with Gasteiger partial charge >= 0.3 is 6.18 Å². The van der Waals surface area contributed by atoms with E-state index in [0.29, 0.717) is 4.88 Å². The summed E-state index contributed by atoms with van der Waals surface area (Å²) < 4.78 is 42.7. The van der Waals surface area contributed by atoms with Crippen molar-refractivity contribution in [1.82, 2.24) is 4.57 Å². The summed E-state index contributed by atoms with van der Waals surface area (Å²) in [5.41, 5.74) is 1.86. The van der Waals surface area contributed by atoms with Crippen molar-refractivity contribution in [3.05, 3.63) is 104 Å². The second kappa shape index (κ2) is 8.96. The van der Waals surface area contributed by atoms with Gasteiger partial charge in [0.15, 0.2) is 0 Å². The van der Waals surface area contributed by atoms with Gasteiger partial charge in [-0.25, -0.2) is 0 Å². The quantitative estimate of drug-likeness (QED) is 0.314. The summed E-state index contributed by atoms with van der Waals surface area (Å²) in [6.45, 7) is 5.86. The fourth-order valence-corrected chi connectivity index (χ4v) is 4.99. The summed E-state index contributed by atoms with van der Waals surface area (Å²) in [7, 11) is 0. The molecule has 0 saturated carbocycles. The van der Waals surface area contributed by atoms with E-state index in [0.717, 1.165) is 38.8 Å². The zero-order chi connectivity index (χ0) is 24.6. The molecule has 0 aliphatic rings. The van der Waals surface area contributed by atoms with Crippen LogP contribution >= 0.6 is 11.3 Å². The van der Waals surface area contributed by atoms with E-state index in [1.807, 2.05) is 69.3 Å². The number of hydrogen-bond donors (Lipinski definition) is 0. The molecule has 0 bridgehead atoms. The Bertz CT molecular complexity index is 1490. The molecule has 0 fully saturated rings. The molecule has 172 valence electrons. The molecule has 0 unspecified atom stereocenters. The van der Waals surface area contributed by atoms with Crippen molar-refractivity contribution in [2.45, 2.75) is 33.5 Å². The van der Waals surface area contributed by atoms with Crippen LogP contribution in [0.1, 0.15) is 33.4 Å². The highest BCUT2D eigenvalue weighted by Gasteiger charge is 2.36. The maximum Gasteiger partial charge on any atom is 0.417 e. The highest BCUT2D eigenvalue weighted by molar-refractivity contribution is 7.18. The lowest BCUT2D eigenvalue weighted by atomic mass is 10.0. The van der Waals surface area contributed by atoms with Gasteiger partial charge in [-0.1, -0.05) is 53.6 Å². The van der Waals surface area contributed by atoms with Gasteiger partial charge in [0.05, 0.1) is 22.7 Å². The van der Waals surface area contributed by atoms with Crippen LogP contribution in [-0.2, 0) is 12.7 Å². The van der Waals surface area contributed by atoms with E-state index in [1.165, 1.54) is 22.0 Å². The van der Waals surface area contributed by atoms with E-state index < -0.39 is 22.9 Å². The molecule has 4 aromatic rings. The Morgan fingerprint density at radius 2 is 1.65 bits per heavy atom. The standard InChI is InChI=1S/C27H21F3N2OS/c1-16-5-4-6-19(12-16)24-9-10-25(34-24)23-13-22(27(28,29)30)21(14-31)26(33)32(23)15-20-8-7-17(2)11-18(20)3/h4-13H,15H2,1-3H3. The molecule has 0 N–H and O–H groups in total. The Kier molecular flexibility index (Phi) is 6.20. The van der Waals surface area contributed by atoms with Crippen LogP contribution in [0, 0.1) is 32.1 Å². The van der Waals surface area contributed by atoms with E-state index in [9.17, 15) is 23.2 Å². The smallest absolute Gasteiger partial charge is 0.302 e. The molecule has 0 amide bonds. The average Bonchev–Trinajstić information content (AvgIpc) is 3.26. The third-order valence-electron chi connectivity index (χ3n) is 5.71. The van der Waals surface area contributed by atoms with E-state index in [2.05, 4.69) is 0 Å². The Labute approximate surface area is 199 Å². The number of alkyl halides is 3. The van der Waals surface area contributed by atoms with Crippen molar-refractivity contribution >= 4 is 11.3 Å². The lowest BCUT2D eigenvalue weighted by molar-refractivity contribution is -0.137. The minimum Gasteiger partial charge on any atom is -0.302 e. The fraction of sp³-hybridized carbons (Fsp3) is 0.185. The number of pyridine rings is 1. The van der Waals surface area contributed by atoms with Crippen molar-refractivity contribution in [2.24, 2.45) is 0 Å². The van der Waals surface area contributed by atoms with Gasteiger partial charge in [-0.15, -0.1) is 11.3 Å². The van der Waals surface area contributed by atoms with Crippen LogP contribution in [0.5, 0.6) is 0 Å². The second-order valence-electron chi connectivity index (χ2n) is 8.28. The highest BCUT2D eigenvalue weighted by atomic mass is 32.1. The average molecular weight is 479 g/mol. The maximum absolute atomic E-state index is 13.8. The van der Waals surface area contributed by atoms with Gasteiger partial charge in [-0.2, -0.15) is 18.4 Å². The maximum atomic E-state index is 13.8. The van der Waals surface area contributed by atoms with Crippen LogP contribution in [0.25, 0.3) is 21.0 Å². The molecular weight excluding hydrogens is 457 g/mol. The van der Waals surface area contributed by atoms with E-state index in [-0.39, 0.29) is 12.2 Å².